The Labute approximate surface area is 117 Å². The van der Waals surface area contributed by atoms with Crippen LogP contribution in [0.2, 0.25) is 0 Å². The standard InChI is InChI=1S/C15H16N2OS/c1-17(9-13-6-7-19-11-13)10-15(18)14-4-2-12(8-16)3-5-14/h2-7,11,15,18H,9-10H2,1H3. The van der Waals surface area contributed by atoms with E-state index in [9.17, 15) is 5.11 Å². The van der Waals surface area contributed by atoms with Gasteiger partial charge in [-0.15, -0.1) is 0 Å². The van der Waals surface area contributed by atoms with Gasteiger partial charge in [0.25, 0.3) is 0 Å². The number of rotatable bonds is 5. The Morgan fingerprint density at radius 1 is 1.32 bits per heavy atom. The molecule has 1 N–H and O–H groups in total. The normalized spacial score (nSPS) is 12.3. The molecule has 2 rings (SSSR count). The lowest BCUT2D eigenvalue weighted by Gasteiger charge is -2.20. The Kier molecular flexibility index (Phi) is 4.69. The molecule has 4 heteroatoms. The Morgan fingerprint density at radius 2 is 2.05 bits per heavy atom. The highest BCUT2D eigenvalue weighted by atomic mass is 32.1. The Bertz CT molecular complexity index is 543. The van der Waals surface area contributed by atoms with Crippen LogP contribution in [0.4, 0.5) is 0 Å². The number of thiophene rings is 1. The summed E-state index contributed by atoms with van der Waals surface area (Å²) in [5.41, 5.74) is 2.72. The van der Waals surface area contributed by atoms with E-state index in [0.29, 0.717) is 12.1 Å². The van der Waals surface area contributed by atoms with E-state index in [-0.39, 0.29) is 0 Å². The van der Waals surface area contributed by atoms with Gasteiger partial charge in [0.15, 0.2) is 0 Å². The number of nitriles is 1. The first-order chi connectivity index (χ1) is 9.19. The molecule has 1 aromatic carbocycles. The molecule has 0 bridgehead atoms. The quantitative estimate of drug-likeness (QED) is 0.910. The van der Waals surface area contributed by atoms with Crippen molar-refractivity contribution < 1.29 is 5.11 Å². The maximum atomic E-state index is 10.2. The minimum atomic E-state index is -0.531. The van der Waals surface area contributed by atoms with Crippen LogP contribution in [0.1, 0.15) is 22.8 Å². The molecule has 0 saturated heterocycles. The summed E-state index contributed by atoms with van der Waals surface area (Å²) < 4.78 is 0. The molecule has 0 saturated carbocycles. The lowest BCUT2D eigenvalue weighted by molar-refractivity contribution is 0.124. The first kappa shape index (κ1) is 13.8. The number of likely N-dealkylation sites (N-methyl/N-ethyl adjacent to an activating group) is 1. The van der Waals surface area contributed by atoms with Gasteiger partial charge in [0.05, 0.1) is 17.7 Å². The van der Waals surface area contributed by atoms with Gasteiger partial charge in [-0.2, -0.15) is 16.6 Å². The Hall–Kier alpha value is -1.67. The van der Waals surface area contributed by atoms with Crippen LogP contribution >= 0.6 is 11.3 Å². The molecule has 2 aromatic rings. The predicted molar refractivity (Wildman–Crippen MR) is 76.8 cm³/mol. The van der Waals surface area contributed by atoms with Crippen molar-refractivity contribution in [1.82, 2.24) is 4.90 Å². The SMILES string of the molecule is CN(Cc1ccsc1)CC(O)c1ccc(C#N)cc1. The summed E-state index contributed by atoms with van der Waals surface area (Å²) in [4.78, 5) is 2.09. The van der Waals surface area contributed by atoms with Gasteiger partial charge in [0.2, 0.25) is 0 Å². The first-order valence-electron chi connectivity index (χ1n) is 6.07. The summed E-state index contributed by atoms with van der Waals surface area (Å²) in [6.07, 6.45) is -0.531. The van der Waals surface area contributed by atoms with E-state index in [0.717, 1.165) is 12.1 Å². The molecule has 19 heavy (non-hydrogen) atoms. The Morgan fingerprint density at radius 3 is 2.63 bits per heavy atom. The maximum Gasteiger partial charge on any atom is 0.0991 e. The van der Waals surface area contributed by atoms with Crippen LogP contribution in [-0.4, -0.2) is 23.6 Å². The van der Waals surface area contributed by atoms with E-state index < -0.39 is 6.10 Å². The lowest BCUT2D eigenvalue weighted by Crippen LogP contribution is -2.24. The second-order valence-corrected chi connectivity index (χ2v) is 5.36. The van der Waals surface area contributed by atoms with Crippen LogP contribution in [0.15, 0.2) is 41.1 Å². The second kappa shape index (κ2) is 6.48. The molecule has 1 unspecified atom stereocenters. The monoisotopic (exact) mass is 272 g/mol. The van der Waals surface area contributed by atoms with Gasteiger partial charge in [-0.25, -0.2) is 0 Å². The molecule has 1 atom stereocenters. The molecule has 0 aliphatic rings. The van der Waals surface area contributed by atoms with Crippen molar-refractivity contribution in [1.29, 1.82) is 5.26 Å². The fraction of sp³-hybridized carbons (Fsp3) is 0.267. The average Bonchev–Trinajstić information content (AvgIpc) is 2.91. The summed E-state index contributed by atoms with van der Waals surface area (Å²) in [5, 5.41) is 23.1. The number of nitrogens with zero attached hydrogens (tertiary/aromatic N) is 2. The largest absolute Gasteiger partial charge is 0.387 e. The second-order valence-electron chi connectivity index (χ2n) is 4.58. The van der Waals surface area contributed by atoms with Gasteiger partial charge in [-0.1, -0.05) is 12.1 Å². The van der Waals surface area contributed by atoms with Gasteiger partial charge < -0.3 is 5.11 Å². The first-order valence-corrected chi connectivity index (χ1v) is 7.01. The van der Waals surface area contributed by atoms with Crippen LogP contribution in [-0.2, 0) is 6.54 Å². The van der Waals surface area contributed by atoms with Crippen molar-refractivity contribution in [3.8, 4) is 6.07 Å². The summed E-state index contributed by atoms with van der Waals surface area (Å²) >= 11 is 1.68. The number of hydrogen-bond acceptors (Lipinski definition) is 4. The molecule has 98 valence electrons. The molecule has 3 nitrogen and oxygen atoms in total. The van der Waals surface area contributed by atoms with E-state index >= 15 is 0 Å². The van der Waals surface area contributed by atoms with Crippen LogP contribution in [0.3, 0.4) is 0 Å². The molecule has 0 aliphatic carbocycles. The van der Waals surface area contributed by atoms with Crippen LogP contribution in [0, 0.1) is 11.3 Å². The van der Waals surface area contributed by atoms with Crippen LogP contribution in [0.5, 0.6) is 0 Å². The fourth-order valence-corrected chi connectivity index (χ4v) is 2.60. The van der Waals surface area contributed by atoms with Gasteiger partial charge in [-0.05, 0) is 47.1 Å². The van der Waals surface area contributed by atoms with Crippen molar-refractivity contribution in [2.75, 3.05) is 13.6 Å². The number of hydrogen-bond donors (Lipinski definition) is 1. The highest BCUT2D eigenvalue weighted by Gasteiger charge is 2.11. The van der Waals surface area contributed by atoms with Gasteiger partial charge in [0, 0.05) is 13.1 Å². The highest BCUT2D eigenvalue weighted by molar-refractivity contribution is 7.07. The van der Waals surface area contributed by atoms with Crippen molar-refractivity contribution >= 4 is 11.3 Å². The van der Waals surface area contributed by atoms with Crippen molar-refractivity contribution in [2.45, 2.75) is 12.6 Å². The molecular weight excluding hydrogens is 256 g/mol. The summed E-state index contributed by atoms with van der Waals surface area (Å²) in [7, 11) is 1.99. The van der Waals surface area contributed by atoms with E-state index in [1.54, 1.807) is 23.5 Å². The molecule has 0 amide bonds. The number of aliphatic hydroxyl groups excluding tert-OH is 1. The van der Waals surface area contributed by atoms with E-state index in [4.69, 9.17) is 5.26 Å². The third-order valence-corrected chi connectivity index (χ3v) is 3.67. The van der Waals surface area contributed by atoms with Gasteiger partial charge >= 0.3 is 0 Å². The fourth-order valence-electron chi connectivity index (χ4n) is 1.94. The topological polar surface area (TPSA) is 47.3 Å². The van der Waals surface area contributed by atoms with E-state index in [1.807, 2.05) is 19.2 Å². The zero-order valence-corrected chi connectivity index (χ0v) is 11.6. The molecule has 1 aromatic heterocycles. The average molecular weight is 272 g/mol. The molecule has 0 fully saturated rings. The van der Waals surface area contributed by atoms with E-state index in [1.165, 1.54) is 5.56 Å². The lowest BCUT2D eigenvalue weighted by atomic mass is 10.1. The Balaban J connectivity index is 1.92. The summed E-state index contributed by atoms with van der Waals surface area (Å²) in [6.45, 7) is 1.40. The maximum absolute atomic E-state index is 10.2. The minimum absolute atomic E-state index is 0.531. The summed E-state index contributed by atoms with van der Waals surface area (Å²) in [5.74, 6) is 0. The van der Waals surface area contributed by atoms with Crippen molar-refractivity contribution in [3.05, 3.63) is 57.8 Å². The molecule has 0 radical (unpaired) electrons. The molecular formula is C15H16N2OS. The number of aliphatic hydroxyl groups is 1. The van der Waals surface area contributed by atoms with E-state index in [2.05, 4.69) is 27.8 Å². The van der Waals surface area contributed by atoms with Gasteiger partial charge in [-0.3, -0.25) is 4.90 Å². The van der Waals surface area contributed by atoms with Crippen molar-refractivity contribution in [3.63, 3.8) is 0 Å². The van der Waals surface area contributed by atoms with Gasteiger partial charge in [0.1, 0.15) is 0 Å². The molecule has 1 heterocycles. The number of benzene rings is 1. The highest BCUT2D eigenvalue weighted by Crippen LogP contribution is 2.16. The zero-order chi connectivity index (χ0) is 13.7. The zero-order valence-electron chi connectivity index (χ0n) is 10.8. The van der Waals surface area contributed by atoms with Crippen LogP contribution < -0.4 is 0 Å². The smallest absolute Gasteiger partial charge is 0.0991 e. The molecule has 0 aliphatic heterocycles. The van der Waals surface area contributed by atoms with Crippen LogP contribution in [0.25, 0.3) is 0 Å². The predicted octanol–water partition coefficient (Wildman–Crippen LogP) is 2.79. The van der Waals surface area contributed by atoms with Crippen molar-refractivity contribution in [2.24, 2.45) is 0 Å². The summed E-state index contributed by atoms with van der Waals surface area (Å²) in [6, 6.07) is 11.2. The molecule has 0 spiro atoms. The minimum Gasteiger partial charge on any atom is -0.387 e. The third kappa shape index (κ3) is 3.90. The third-order valence-electron chi connectivity index (χ3n) is 2.94.